The molecule has 4 fully saturated rings. The molecule has 4 heterocycles. The zero-order valence-electron chi connectivity index (χ0n) is 24.1. The van der Waals surface area contributed by atoms with Gasteiger partial charge in [-0.15, -0.1) is 0 Å². The smallest absolute Gasteiger partial charge is 0.187 e. The number of hydrogen-bond acceptors (Lipinski definition) is 19. The van der Waals surface area contributed by atoms with Crippen molar-refractivity contribution < 1.29 is 94.1 Å². The molecule has 20 atom stereocenters. The number of ether oxygens (including phenoxy) is 8. The van der Waals surface area contributed by atoms with Crippen molar-refractivity contribution in [1.29, 1.82) is 0 Å². The van der Waals surface area contributed by atoms with Gasteiger partial charge in [-0.1, -0.05) is 0 Å². The van der Waals surface area contributed by atoms with Gasteiger partial charge in [-0.3, -0.25) is 0 Å². The minimum absolute atomic E-state index is 0.767. The molecular formula is C25H44O19. The van der Waals surface area contributed by atoms with E-state index < -0.39 is 136 Å². The van der Waals surface area contributed by atoms with Crippen LogP contribution in [0.5, 0.6) is 0 Å². The Hall–Kier alpha value is -0.760. The highest BCUT2D eigenvalue weighted by Crippen LogP contribution is 2.36. The second-order valence-electron chi connectivity index (χ2n) is 11.3. The lowest BCUT2D eigenvalue weighted by Gasteiger charge is -2.50. The summed E-state index contributed by atoms with van der Waals surface area (Å²) in [7, 11) is 1.22. The van der Waals surface area contributed by atoms with Gasteiger partial charge in [-0.25, -0.2) is 0 Å². The molecule has 0 aromatic heterocycles. The van der Waals surface area contributed by atoms with Gasteiger partial charge in [0.05, 0.1) is 25.4 Å². The summed E-state index contributed by atoms with van der Waals surface area (Å²) in [5, 5.41) is 113. The van der Waals surface area contributed by atoms with Crippen molar-refractivity contribution in [2.45, 2.75) is 137 Å². The van der Waals surface area contributed by atoms with Crippen LogP contribution < -0.4 is 0 Å². The Kier molecular flexibility index (Phi) is 12.3. The Morgan fingerprint density at radius 2 is 0.818 bits per heavy atom. The van der Waals surface area contributed by atoms with Crippen LogP contribution in [0, 0.1) is 0 Å². The highest BCUT2D eigenvalue weighted by Gasteiger charge is 2.56. The minimum Gasteiger partial charge on any atom is -0.394 e. The average Bonchev–Trinajstić information content (AvgIpc) is 3.01. The van der Waals surface area contributed by atoms with Gasteiger partial charge in [-0.05, 0) is 13.8 Å². The maximum Gasteiger partial charge on any atom is 0.187 e. The topological polar surface area (TPSA) is 296 Å². The largest absolute Gasteiger partial charge is 0.394 e. The molecule has 44 heavy (non-hydrogen) atoms. The van der Waals surface area contributed by atoms with Crippen LogP contribution in [0.3, 0.4) is 0 Å². The van der Waals surface area contributed by atoms with Crippen LogP contribution in [0.15, 0.2) is 0 Å². The van der Waals surface area contributed by atoms with E-state index in [-0.39, 0.29) is 0 Å². The Morgan fingerprint density at radius 3 is 1.27 bits per heavy atom. The summed E-state index contributed by atoms with van der Waals surface area (Å²) in [4.78, 5) is 0. The van der Waals surface area contributed by atoms with Crippen LogP contribution in [-0.4, -0.2) is 199 Å². The van der Waals surface area contributed by atoms with Gasteiger partial charge in [-0.2, -0.15) is 0 Å². The molecule has 19 heteroatoms. The van der Waals surface area contributed by atoms with Crippen molar-refractivity contribution in [3.8, 4) is 0 Å². The summed E-state index contributed by atoms with van der Waals surface area (Å²) in [6, 6.07) is 0. The van der Waals surface area contributed by atoms with Gasteiger partial charge in [0.2, 0.25) is 0 Å². The molecule has 0 amide bonds. The first kappa shape index (κ1) is 36.1. The van der Waals surface area contributed by atoms with Crippen molar-refractivity contribution >= 4 is 0 Å². The SMILES string of the molecule is CO[C@@H]1O[C@@H](C)[C@H](O[C@@H]2O[C@@H](C)[C@@H](O)[C@@H](O)[C@@H]2O)[C@@H](O[C@@H]2O[C@H](CO)[C@H](O)[C@H](O)[C@H]2O)[C@H]1O[C@@H]1O[C@@H](CO)[C@@H](O)[C@@H](O)[C@@H]1O. The Labute approximate surface area is 251 Å². The van der Waals surface area contributed by atoms with E-state index in [1.807, 2.05) is 0 Å². The lowest BCUT2D eigenvalue weighted by atomic mass is 9.95. The van der Waals surface area contributed by atoms with Gasteiger partial charge < -0.3 is 94.1 Å². The molecule has 0 spiro atoms. The summed E-state index contributed by atoms with van der Waals surface area (Å²) >= 11 is 0. The number of aliphatic hydroxyl groups excluding tert-OH is 11. The maximum atomic E-state index is 10.7. The van der Waals surface area contributed by atoms with Gasteiger partial charge in [0.15, 0.2) is 25.2 Å². The van der Waals surface area contributed by atoms with Crippen molar-refractivity contribution in [3.63, 3.8) is 0 Å². The number of rotatable bonds is 9. The van der Waals surface area contributed by atoms with E-state index in [2.05, 4.69) is 0 Å². The molecule has 258 valence electrons. The molecular weight excluding hydrogens is 604 g/mol. The number of methoxy groups -OCH3 is 1. The summed E-state index contributed by atoms with van der Waals surface area (Å²) in [6.07, 6.45) is -31.4. The predicted molar refractivity (Wildman–Crippen MR) is 136 cm³/mol. The van der Waals surface area contributed by atoms with Gasteiger partial charge in [0.1, 0.15) is 85.5 Å². The molecule has 4 saturated heterocycles. The Balaban J connectivity index is 1.68. The second kappa shape index (κ2) is 15.0. The van der Waals surface area contributed by atoms with Crippen LogP contribution in [0.1, 0.15) is 13.8 Å². The zero-order chi connectivity index (χ0) is 32.6. The van der Waals surface area contributed by atoms with Crippen molar-refractivity contribution in [3.05, 3.63) is 0 Å². The van der Waals surface area contributed by atoms with E-state index in [1.165, 1.54) is 21.0 Å². The lowest BCUT2D eigenvalue weighted by molar-refractivity contribution is -0.403. The van der Waals surface area contributed by atoms with Gasteiger partial charge in [0.25, 0.3) is 0 Å². The molecule has 4 aliphatic heterocycles. The zero-order valence-corrected chi connectivity index (χ0v) is 24.1. The van der Waals surface area contributed by atoms with Crippen LogP contribution in [0.2, 0.25) is 0 Å². The molecule has 19 nitrogen and oxygen atoms in total. The van der Waals surface area contributed by atoms with Gasteiger partial charge >= 0.3 is 0 Å². The van der Waals surface area contributed by atoms with Crippen molar-refractivity contribution in [2.24, 2.45) is 0 Å². The predicted octanol–water partition coefficient (Wildman–Crippen LogP) is -7.04. The minimum atomic E-state index is -1.89. The number of aliphatic hydroxyl groups is 11. The molecule has 0 aromatic rings. The normalized spacial score (nSPS) is 53.9. The Morgan fingerprint density at radius 1 is 0.432 bits per heavy atom. The average molecular weight is 649 g/mol. The summed E-state index contributed by atoms with van der Waals surface area (Å²) in [5.74, 6) is 0. The monoisotopic (exact) mass is 648 g/mol. The molecule has 4 rings (SSSR count). The molecule has 0 aliphatic carbocycles. The van der Waals surface area contributed by atoms with E-state index in [1.54, 1.807) is 0 Å². The Bertz CT molecular complexity index is 898. The van der Waals surface area contributed by atoms with Crippen molar-refractivity contribution in [2.75, 3.05) is 20.3 Å². The fraction of sp³-hybridized carbons (Fsp3) is 1.00. The van der Waals surface area contributed by atoms with Crippen LogP contribution >= 0.6 is 0 Å². The molecule has 0 unspecified atom stereocenters. The van der Waals surface area contributed by atoms with E-state index in [9.17, 15) is 56.2 Å². The first-order valence-electron chi connectivity index (χ1n) is 14.2. The summed E-state index contributed by atoms with van der Waals surface area (Å²) in [5.41, 5.74) is 0. The molecule has 0 radical (unpaired) electrons. The summed E-state index contributed by atoms with van der Waals surface area (Å²) in [6.45, 7) is 1.37. The fourth-order valence-electron chi connectivity index (χ4n) is 5.60. The van der Waals surface area contributed by atoms with E-state index >= 15 is 0 Å². The maximum absolute atomic E-state index is 10.7. The molecule has 11 N–H and O–H groups in total. The first-order valence-corrected chi connectivity index (χ1v) is 14.2. The van der Waals surface area contributed by atoms with E-state index in [4.69, 9.17) is 37.9 Å². The quantitative estimate of drug-likeness (QED) is 0.111. The second-order valence-corrected chi connectivity index (χ2v) is 11.3. The van der Waals surface area contributed by atoms with E-state index in [0.29, 0.717) is 0 Å². The van der Waals surface area contributed by atoms with Crippen molar-refractivity contribution in [1.82, 2.24) is 0 Å². The molecule has 0 saturated carbocycles. The summed E-state index contributed by atoms with van der Waals surface area (Å²) < 4.78 is 45.8. The lowest BCUT2D eigenvalue weighted by Crippen LogP contribution is -2.68. The third kappa shape index (κ3) is 7.06. The van der Waals surface area contributed by atoms with Gasteiger partial charge in [0, 0.05) is 7.11 Å². The van der Waals surface area contributed by atoms with Crippen LogP contribution in [0.4, 0.5) is 0 Å². The third-order valence-corrected chi connectivity index (χ3v) is 8.34. The first-order chi connectivity index (χ1) is 20.7. The van der Waals surface area contributed by atoms with Crippen LogP contribution in [0.25, 0.3) is 0 Å². The van der Waals surface area contributed by atoms with Crippen LogP contribution in [-0.2, 0) is 37.9 Å². The highest BCUT2D eigenvalue weighted by atomic mass is 16.8. The highest BCUT2D eigenvalue weighted by molar-refractivity contribution is 4.98. The molecule has 4 aliphatic rings. The third-order valence-electron chi connectivity index (χ3n) is 8.34. The standard InChI is InChI=1S/C25H44O19/c1-6-10(28)13(31)16(34)22(38-6)42-19-7(2)39-25(37-3)21(44-24-18(36)15(33)12(30)9(5-27)41-24)20(19)43-23-17(35)14(32)11(29)8(4-26)40-23/h6-36H,4-5H2,1-3H3/t6-,7-,8+,9-,10+,11-,12+,13+,14-,15+,16-,17+,18-,19-,20+,21+,22-,23-,24-,25+/m0/s1. The van der Waals surface area contributed by atoms with E-state index in [0.717, 1.165) is 0 Å². The molecule has 0 aromatic carbocycles. The molecule has 0 bridgehead atoms. The number of hydrogen-bond donors (Lipinski definition) is 11. The fourth-order valence-corrected chi connectivity index (χ4v) is 5.60.